The minimum atomic E-state index is -0.281. The summed E-state index contributed by atoms with van der Waals surface area (Å²) >= 11 is 0. The zero-order valence-corrected chi connectivity index (χ0v) is 4.59. The molecule has 45 valence electrons. The SMILES string of the molecule is COC1[CH]C(=O)OC1. The quantitative estimate of drug-likeness (QED) is 0.442. The van der Waals surface area contributed by atoms with Crippen LogP contribution in [0.4, 0.5) is 0 Å². The molecule has 0 aliphatic carbocycles. The molecule has 1 rings (SSSR count). The van der Waals surface area contributed by atoms with Gasteiger partial charge in [0.15, 0.2) is 0 Å². The van der Waals surface area contributed by atoms with Crippen LogP contribution in [0.1, 0.15) is 0 Å². The van der Waals surface area contributed by atoms with E-state index < -0.39 is 0 Å². The Morgan fingerprint density at radius 3 is 3.00 bits per heavy atom. The summed E-state index contributed by atoms with van der Waals surface area (Å²) in [5, 5.41) is 0. The molecular weight excluding hydrogens is 108 g/mol. The van der Waals surface area contributed by atoms with E-state index in [4.69, 9.17) is 4.74 Å². The van der Waals surface area contributed by atoms with E-state index in [-0.39, 0.29) is 12.1 Å². The minimum Gasteiger partial charge on any atom is -0.463 e. The van der Waals surface area contributed by atoms with E-state index in [2.05, 4.69) is 4.74 Å². The number of methoxy groups -OCH3 is 1. The van der Waals surface area contributed by atoms with Crippen LogP contribution in [0.5, 0.6) is 0 Å². The van der Waals surface area contributed by atoms with Crippen molar-refractivity contribution in [2.45, 2.75) is 6.10 Å². The van der Waals surface area contributed by atoms with E-state index in [1.54, 1.807) is 7.11 Å². The second-order valence-electron chi connectivity index (χ2n) is 1.57. The van der Waals surface area contributed by atoms with Crippen LogP contribution in [0.3, 0.4) is 0 Å². The predicted octanol–water partition coefficient (Wildman–Crippen LogP) is -0.238. The molecule has 0 N–H and O–H groups in total. The maximum absolute atomic E-state index is 10.3. The van der Waals surface area contributed by atoms with Crippen LogP contribution in [0.25, 0.3) is 0 Å². The summed E-state index contributed by atoms with van der Waals surface area (Å²) in [5.74, 6) is -0.281. The van der Waals surface area contributed by atoms with E-state index >= 15 is 0 Å². The third-order valence-electron chi connectivity index (χ3n) is 1.01. The molecule has 0 amide bonds. The van der Waals surface area contributed by atoms with Crippen LogP contribution in [0.15, 0.2) is 0 Å². The molecule has 0 saturated carbocycles. The lowest BCUT2D eigenvalue weighted by Crippen LogP contribution is -2.09. The Hall–Kier alpha value is -0.570. The summed E-state index contributed by atoms with van der Waals surface area (Å²) in [6.45, 7) is 0.370. The Bertz CT molecular complexity index is 99.8. The van der Waals surface area contributed by atoms with Crippen LogP contribution in [-0.2, 0) is 14.3 Å². The van der Waals surface area contributed by atoms with Gasteiger partial charge < -0.3 is 9.47 Å². The van der Waals surface area contributed by atoms with Gasteiger partial charge in [0.1, 0.15) is 19.1 Å². The lowest BCUT2D eigenvalue weighted by molar-refractivity contribution is -0.135. The van der Waals surface area contributed by atoms with Gasteiger partial charge in [-0.1, -0.05) is 0 Å². The van der Waals surface area contributed by atoms with Crippen LogP contribution in [0.2, 0.25) is 0 Å². The highest BCUT2D eigenvalue weighted by Gasteiger charge is 2.23. The fourth-order valence-corrected chi connectivity index (χ4v) is 0.548. The van der Waals surface area contributed by atoms with Crippen LogP contribution in [-0.4, -0.2) is 25.8 Å². The monoisotopic (exact) mass is 115 g/mol. The Labute approximate surface area is 47.6 Å². The van der Waals surface area contributed by atoms with Crippen molar-refractivity contribution in [2.75, 3.05) is 13.7 Å². The molecule has 1 fully saturated rings. The third-order valence-corrected chi connectivity index (χ3v) is 1.01. The van der Waals surface area contributed by atoms with E-state index in [1.807, 2.05) is 0 Å². The molecule has 0 spiro atoms. The summed E-state index contributed by atoms with van der Waals surface area (Å²) in [5.41, 5.74) is 0. The molecular formula is C5H7O3. The lowest BCUT2D eigenvalue weighted by atomic mass is 10.3. The third kappa shape index (κ3) is 0.980. The topological polar surface area (TPSA) is 35.5 Å². The van der Waals surface area contributed by atoms with Crippen molar-refractivity contribution in [1.82, 2.24) is 0 Å². The zero-order chi connectivity index (χ0) is 5.98. The number of hydrogen-bond acceptors (Lipinski definition) is 3. The van der Waals surface area contributed by atoms with Crippen molar-refractivity contribution >= 4 is 5.97 Å². The number of ether oxygens (including phenoxy) is 2. The fraction of sp³-hybridized carbons (Fsp3) is 0.600. The second kappa shape index (κ2) is 2.13. The van der Waals surface area contributed by atoms with Gasteiger partial charge >= 0.3 is 5.97 Å². The Morgan fingerprint density at radius 2 is 2.75 bits per heavy atom. The number of carbonyl (C=O) groups is 1. The average Bonchev–Trinajstić information content (AvgIpc) is 2.14. The molecule has 1 aliphatic rings. The molecule has 0 aromatic heterocycles. The Balaban J connectivity index is 2.32. The maximum Gasteiger partial charge on any atom is 0.312 e. The van der Waals surface area contributed by atoms with Gasteiger partial charge in [0, 0.05) is 7.11 Å². The summed E-state index contributed by atoms with van der Waals surface area (Å²) in [4.78, 5) is 10.3. The summed E-state index contributed by atoms with van der Waals surface area (Å²) < 4.78 is 9.32. The smallest absolute Gasteiger partial charge is 0.312 e. The second-order valence-corrected chi connectivity index (χ2v) is 1.57. The van der Waals surface area contributed by atoms with E-state index in [0.717, 1.165) is 0 Å². The normalized spacial score (nSPS) is 28.1. The minimum absolute atomic E-state index is 0.123. The van der Waals surface area contributed by atoms with Gasteiger partial charge in [-0.3, -0.25) is 4.79 Å². The molecule has 1 unspecified atom stereocenters. The van der Waals surface area contributed by atoms with Gasteiger partial charge in [0.05, 0.1) is 0 Å². The first-order valence-corrected chi connectivity index (χ1v) is 2.37. The molecule has 0 aromatic rings. The number of hydrogen-bond donors (Lipinski definition) is 0. The van der Waals surface area contributed by atoms with Crippen LogP contribution < -0.4 is 0 Å². The predicted molar refractivity (Wildman–Crippen MR) is 26.1 cm³/mol. The summed E-state index contributed by atoms with van der Waals surface area (Å²) in [7, 11) is 1.54. The highest BCUT2D eigenvalue weighted by molar-refractivity contribution is 5.81. The molecule has 3 heteroatoms. The summed E-state index contributed by atoms with van der Waals surface area (Å²) in [6, 6.07) is 0. The number of rotatable bonds is 1. The first-order chi connectivity index (χ1) is 3.83. The Morgan fingerprint density at radius 1 is 2.00 bits per heavy atom. The molecule has 3 nitrogen and oxygen atoms in total. The highest BCUT2D eigenvalue weighted by atomic mass is 16.6. The van der Waals surface area contributed by atoms with Gasteiger partial charge in [-0.15, -0.1) is 0 Å². The van der Waals surface area contributed by atoms with Crippen molar-refractivity contribution in [2.24, 2.45) is 0 Å². The maximum atomic E-state index is 10.3. The first-order valence-electron chi connectivity index (χ1n) is 2.37. The van der Waals surface area contributed by atoms with Gasteiger partial charge in [0.25, 0.3) is 0 Å². The van der Waals surface area contributed by atoms with Crippen molar-refractivity contribution in [1.29, 1.82) is 0 Å². The molecule has 0 bridgehead atoms. The van der Waals surface area contributed by atoms with Crippen LogP contribution >= 0.6 is 0 Å². The number of carbonyl (C=O) groups excluding carboxylic acids is 1. The van der Waals surface area contributed by atoms with Gasteiger partial charge in [-0.05, 0) is 0 Å². The van der Waals surface area contributed by atoms with Crippen LogP contribution in [0, 0.1) is 6.42 Å². The van der Waals surface area contributed by atoms with Gasteiger partial charge in [-0.25, -0.2) is 0 Å². The standard InChI is InChI=1S/C5H7O3/c1-7-4-2-5(6)8-3-4/h2,4H,3H2,1H3. The lowest BCUT2D eigenvalue weighted by Gasteiger charge is -1.98. The van der Waals surface area contributed by atoms with Crippen molar-refractivity contribution in [3.8, 4) is 0 Å². The molecule has 1 saturated heterocycles. The molecule has 8 heavy (non-hydrogen) atoms. The zero-order valence-electron chi connectivity index (χ0n) is 4.59. The van der Waals surface area contributed by atoms with E-state index in [1.165, 1.54) is 6.42 Å². The fourth-order valence-electron chi connectivity index (χ4n) is 0.548. The van der Waals surface area contributed by atoms with Crippen molar-refractivity contribution in [3.63, 3.8) is 0 Å². The van der Waals surface area contributed by atoms with Gasteiger partial charge in [-0.2, -0.15) is 0 Å². The number of cyclic esters (lactones) is 1. The Kier molecular flexibility index (Phi) is 1.48. The largest absolute Gasteiger partial charge is 0.463 e. The van der Waals surface area contributed by atoms with Crippen molar-refractivity contribution < 1.29 is 14.3 Å². The molecule has 1 heterocycles. The molecule has 1 atom stereocenters. The van der Waals surface area contributed by atoms with Crippen molar-refractivity contribution in [3.05, 3.63) is 6.42 Å². The number of esters is 1. The van der Waals surface area contributed by atoms with E-state index in [9.17, 15) is 4.79 Å². The highest BCUT2D eigenvalue weighted by Crippen LogP contribution is 2.06. The summed E-state index contributed by atoms with van der Waals surface area (Å²) in [6.07, 6.45) is 1.29. The van der Waals surface area contributed by atoms with Gasteiger partial charge in [0.2, 0.25) is 0 Å². The molecule has 1 aliphatic heterocycles. The first kappa shape index (κ1) is 5.56. The molecule has 1 radical (unpaired) electrons. The average molecular weight is 115 g/mol. The molecule has 0 aromatic carbocycles. The van der Waals surface area contributed by atoms with E-state index in [0.29, 0.717) is 6.61 Å².